The number of alkyl halides is 1. The molecule has 0 bridgehead atoms. The summed E-state index contributed by atoms with van der Waals surface area (Å²) < 4.78 is 1.03. The smallest absolute Gasteiger partial charge is 0.253 e. The molecule has 0 atom stereocenters. The molecule has 0 aliphatic rings. The first-order chi connectivity index (χ1) is 7.60. The van der Waals surface area contributed by atoms with Crippen LogP contribution in [0.3, 0.4) is 0 Å². The molecule has 1 aromatic rings. The van der Waals surface area contributed by atoms with Crippen LogP contribution in [0.15, 0.2) is 22.7 Å². The molecule has 2 nitrogen and oxygen atoms in total. The van der Waals surface area contributed by atoms with Crippen LogP contribution in [-0.4, -0.2) is 29.2 Å². The minimum atomic E-state index is 0.0950. The normalized spacial score (nSPS) is 10.2. The highest BCUT2D eigenvalue weighted by molar-refractivity contribution is 9.10. The molecule has 0 fully saturated rings. The molecule has 1 aromatic carbocycles. The van der Waals surface area contributed by atoms with Gasteiger partial charge in [0.15, 0.2) is 0 Å². The number of carbonyl (C=O) groups is 1. The maximum Gasteiger partial charge on any atom is 0.253 e. The quantitative estimate of drug-likeness (QED) is 0.761. The van der Waals surface area contributed by atoms with Crippen LogP contribution in [0.1, 0.15) is 22.8 Å². The van der Waals surface area contributed by atoms with Crippen LogP contribution in [0.2, 0.25) is 0 Å². The van der Waals surface area contributed by atoms with Crippen LogP contribution in [0.25, 0.3) is 0 Å². The van der Waals surface area contributed by atoms with Crippen molar-refractivity contribution in [3.63, 3.8) is 0 Å². The van der Waals surface area contributed by atoms with Gasteiger partial charge in [0.1, 0.15) is 0 Å². The van der Waals surface area contributed by atoms with Crippen molar-refractivity contribution in [3.05, 3.63) is 33.8 Å². The zero-order valence-corrected chi connectivity index (χ0v) is 12.6. The number of hydrogen-bond donors (Lipinski definition) is 0. The molecule has 0 aliphatic heterocycles. The Labute approximate surface area is 113 Å². The lowest BCUT2D eigenvalue weighted by Crippen LogP contribution is -2.32. The Hall–Kier alpha value is -0.350. The molecule has 0 unspecified atom stereocenters. The average molecular weight is 349 g/mol. The van der Waals surface area contributed by atoms with E-state index in [2.05, 4.69) is 31.9 Å². The summed E-state index contributed by atoms with van der Waals surface area (Å²) in [6.07, 6.45) is 0. The highest BCUT2D eigenvalue weighted by Crippen LogP contribution is 2.18. The van der Waals surface area contributed by atoms with E-state index in [1.807, 2.05) is 36.9 Å². The van der Waals surface area contributed by atoms with Crippen molar-refractivity contribution < 1.29 is 4.79 Å². The molecule has 1 amide bonds. The number of rotatable bonds is 4. The number of benzene rings is 1. The molecule has 0 spiro atoms. The molecule has 0 saturated heterocycles. The zero-order valence-electron chi connectivity index (χ0n) is 9.46. The standard InChI is InChI=1S/C12H15Br2NO/c1-3-15(7-6-13)12(16)10-4-5-11(14)9(2)8-10/h4-5,8H,3,6-7H2,1-2H3. The second kappa shape index (κ2) is 6.40. The Bertz CT molecular complexity index is 379. The predicted molar refractivity (Wildman–Crippen MR) is 74.3 cm³/mol. The average Bonchev–Trinajstić information content (AvgIpc) is 2.28. The van der Waals surface area contributed by atoms with Gasteiger partial charge in [0, 0.05) is 28.5 Å². The Balaban J connectivity index is 2.90. The van der Waals surface area contributed by atoms with Gasteiger partial charge in [0.2, 0.25) is 0 Å². The second-order valence-electron chi connectivity index (χ2n) is 3.54. The van der Waals surface area contributed by atoms with Crippen molar-refractivity contribution in [2.24, 2.45) is 0 Å². The molecule has 4 heteroatoms. The maximum absolute atomic E-state index is 12.1. The van der Waals surface area contributed by atoms with Gasteiger partial charge < -0.3 is 4.90 Å². The molecule has 0 aromatic heterocycles. The third kappa shape index (κ3) is 3.32. The summed E-state index contributed by atoms with van der Waals surface area (Å²) in [5, 5.41) is 0.808. The fourth-order valence-corrected chi connectivity index (χ4v) is 2.14. The zero-order chi connectivity index (χ0) is 12.1. The van der Waals surface area contributed by atoms with Crippen molar-refractivity contribution >= 4 is 37.8 Å². The summed E-state index contributed by atoms with van der Waals surface area (Å²) in [6, 6.07) is 5.70. The van der Waals surface area contributed by atoms with Gasteiger partial charge >= 0.3 is 0 Å². The molecule has 1 rings (SSSR count). The number of amides is 1. The first-order valence-electron chi connectivity index (χ1n) is 5.21. The summed E-state index contributed by atoms with van der Waals surface area (Å²) in [5.41, 5.74) is 1.84. The second-order valence-corrected chi connectivity index (χ2v) is 5.19. The van der Waals surface area contributed by atoms with Gasteiger partial charge in [-0.15, -0.1) is 0 Å². The van der Waals surface area contributed by atoms with E-state index in [-0.39, 0.29) is 5.91 Å². The molecule has 0 N–H and O–H groups in total. The largest absolute Gasteiger partial charge is 0.338 e. The van der Waals surface area contributed by atoms with Crippen LogP contribution >= 0.6 is 31.9 Å². The van der Waals surface area contributed by atoms with Crippen LogP contribution in [0.5, 0.6) is 0 Å². The van der Waals surface area contributed by atoms with Crippen LogP contribution < -0.4 is 0 Å². The molecule has 0 aliphatic carbocycles. The molecular weight excluding hydrogens is 334 g/mol. The summed E-state index contributed by atoms with van der Waals surface area (Å²) >= 11 is 6.79. The third-order valence-corrected chi connectivity index (χ3v) is 3.67. The number of nitrogens with zero attached hydrogens (tertiary/aromatic N) is 1. The number of halogens is 2. The fourth-order valence-electron chi connectivity index (χ4n) is 1.47. The summed E-state index contributed by atoms with van der Waals surface area (Å²) in [4.78, 5) is 13.9. The molecular formula is C12H15Br2NO. The van der Waals surface area contributed by atoms with E-state index < -0.39 is 0 Å². The molecule has 0 saturated carbocycles. The first kappa shape index (κ1) is 13.7. The van der Waals surface area contributed by atoms with E-state index in [9.17, 15) is 4.79 Å². The summed E-state index contributed by atoms with van der Waals surface area (Å²) in [7, 11) is 0. The van der Waals surface area contributed by atoms with Gasteiger partial charge in [0.05, 0.1) is 0 Å². The number of carbonyl (C=O) groups excluding carboxylic acids is 1. The Kier molecular flexibility index (Phi) is 5.49. The van der Waals surface area contributed by atoms with Gasteiger partial charge in [-0.25, -0.2) is 0 Å². The molecule has 16 heavy (non-hydrogen) atoms. The Morgan fingerprint density at radius 3 is 2.62 bits per heavy atom. The van der Waals surface area contributed by atoms with E-state index in [4.69, 9.17) is 0 Å². The summed E-state index contributed by atoms with van der Waals surface area (Å²) in [5.74, 6) is 0.0950. The molecule has 0 radical (unpaired) electrons. The number of aryl methyl sites for hydroxylation is 1. The molecule has 0 heterocycles. The third-order valence-electron chi connectivity index (χ3n) is 2.43. The minimum Gasteiger partial charge on any atom is -0.338 e. The van der Waals surface area contributed by atoms with Crippen molar-refractivity contribution in [2.75, 3.05) is 18.4 Å². The summed E-state index contributed by atoms with van der Waals surface area (Å²) in [6.45, 7) is 5.46. The van der Waals surface area contributed by atoms with Crippen molar-refractivity contribution in [3.8, 4) is 0 Å². The van der Waals surface area contributed by atoms with E-state index >= 15 is 0 Å². The van der Waals surface area contributed by atoms with Gasteiger partial charge in [0.25, 0.3) is 5.91 Å². The number of hydrogen-bond acceptors (Lipinski definition) is 1. The Morgan fingerprint density at radius 2 is 2.12 bits per heavy atom. The van der Waals surface area contributed by atoms with E-state index in [0.717, 1.165) is 34.0 Å². The molecule has 88 valence electrons. The van der Waals surface area contributed by atoms with Crippen LogP contribution in [-0.2, 0) is 0 Å². The van der Waals surface area contributed by atoms with Gasteiger partial charge in [-0.05, 0) is 37.6 Å². The topological polar surface area (TPSA) is 20.3 Å². The van der Waals surface area contributed by atoms with Crippen molar-refractivity contribution in [1.29, 1.82) is 0 Å². The fraction of sp³-hybridized carbons (Fsp3) is 0.417. The van der Waals surface area contributed by atoms with Crippen molar-refractivity contribution in [2.45, 2.75) is 13.8 Å². The van der Waals surface area contributed by atoms with Crippen LogP contribution in [0, 0.1) is 6.92 Å². The highest BCUT2D eigenvalue weighted by atomic mass is 79.9. The van der Waals surface area contributed by atoms with Crippen LogP contribution in [0.4, 0.5) is 0 Å². The first-order valence-corrected chi connectivity index (χ1v) is 7.13. The van der Waals surface area contributed by atoms with E-state index in [1.54, 1.807) is 0 Å². The highest BCUT2D eigenvalue weighted by Gasteiger charge is 2.13. The SMILES string of the molecule is CCN(CCBr)C(=O)c1ccc(Br)c(C)c1. The monoisotopic (exact) mass is 347 g/mol. The minimum absolute atomic E-state index is 0.0950. The lowest BCUT2D eigenvalue weighted by Gasteiger charge is -2.20. The van der Waals surface area contributed by atoms with E-state index in [0.29, 0.717) is 0 Å². The lowest BCUT2D eigenvalue weighted by atomic mass is 10.1. The lowest BCUT2D eigenvalue weighted by molar-refractivity contribution is 0.0775. The predicted octanol–water partition coefficient (Wildman–Crippen LogP) is 3.61. The van der Waals surface area contributed by atoms with Gasteiger partial charge in [-0.1, -0.05) is 31.9 Å². The van der Waals surface area contributed by atoms with Gasteiger partial charge in [-0.3, -0.25) is 4.79 Å². The van der Waals surface area contributed by atoms with Gasteiger partial charge in [-0.2, -0.15) is 0 Å². The Morgan fingerprint density at radius 1 is 1.44 bits per heavy atom. The van der Waals surface area contributed by atoms with Crippen molar-refractivity contribution in [1.82, 2.24) is 4.90 Å². The maximum atomic E-state index is 12.1. The van der Waals surface area contributed by atoms with E-state index in [1.165, 1.54) is 0 Å².